The van der Waals surface area contributed by atoms with Gasteiger partial charge in [0.2, 0.25) is 0 Å². The zero-order chi connectivity index (χ0) is 19.8. The summed E-state index contributed by atoms with van der Waals surface area (Å²) in [6.45, 7) is 11.2. The highest BCUT2D eigenvalue weighted by Crippen LogP contribution is 2.27. The van der Waals surface area contributed by atoms with Gasteiger partial charge in [0.25, 0.3) is 0 Å². The van der Waals surface area contributed by atoms with Crippen molar-refractivity contribution in [3.8, 4) is 0 Å². The lowest BCUT2D eigenvalue weighted by Gasteiger charge is -2.27. The van der Waals surface area contributed by atoms with Gasteiger partial charge in [-0.2, -0.15) is 0 Å². The van der Waals surface area contributed by atoms with Crippen LogP contribution < -0.4 is 10.3 Å². The van der Waals surface area contributed by atoms with Crippen molar-refractivity contribution in [2.45, 2.75) is 58.6 Å². The molecule has 1 aromatic carbocycles. The van der Waals surface area contributed by atoms with E-state index in [1.807, 2.05) is 46.8 Å². The van der Waals surface area contributed by atoms with Gasteiger partial charge in [-0.3, -0.25) is 4.79 Å². The van der Waals surface area contributed by atoms with Gasteiger partial charge in [0.05, 0.1) is 11.1 Å². The van der Waals surface area contributed by atoms with Gasteiger partial charge in [0.15, 0.2) is 11.3 Å². The Hall–Kier alpha value is -1.79. The number of benzene rings is 1. The van der Waals surface area contributed by atoms with Crippen LogP contribution in [-0.2, 0) is 11.4 Å². The Morgan fingerprint density at radius 3 is 2.48 bits per heavy atom. The summed E-state index contributed by atoms with van der Waals surface area (Å²) in [7, 11) is 0. The first-order chi connectivity index (χ1) is 12.7. The van der Waals surface area contributed by atoms with Crippen molar-refractivity contribution in [1.82, 2.24) is 0 Å². The maximum Gasteiger partial charge on any atom is 0.200 e. The van der Waals surface area contributed by atoms with Gasteiger partial charge in [-0.05, 0) is 71.6 Å². The molecule has 1 atom stereocenters. The summed E-state index contributed by atoms with van der Waals surface area (Å²) >= 11 is -1.37. The molecule has 1 saturated heterocycles. The van der Waals surface area contributed by atoms with E-state index in [2.05, 4.69) is 9.30 Å². The third kappa shape index (κ3) is 4.38. The van der Waals surface area contributed by atoms with Crippen molar-refractivity contribution in [3.05, 3.63) is 39.5 Å². The molecule has 0 bridgehead atoms. The molecule has 0 radical (unpaired) electrons. The summed E-state index contributed by atoms with van der Waals surface area (Å²) < 4.78 is 22.6. The van der Waals surface area contributed by atoms with Crippen LogP contribution in [0.25, 0.3) is 11.0 Å². The fraction of sp³-hybridized carbons (Fsp3) is 0.524. The summed E-state index contributed by atoms with van der Waals surface area (Å²) in [5.74, 6) is 0.613. The van der Waals surface area contributed by atoms with Crippen LogP contribution in [0, 0.1) is 6.92 Å². The molecule has 0 saturated carbocycles. The number of hydrogen-bond acceptors (Lipinski definition) is 5. The molecular formula is C21H28N2O3S. The maximum atomic E-state index is 12.8. The Morgan fingerprint density at radius 2 is 1.85 bits per heavy atom. The standard InChI is InChI=1S/C21H28N2O3S/c1-14-11-16(15(2)22-27(25)21(3,4)5)20-17(12-14)18(24)13-19(26-20)23-9-7-6-8-10-23/h11-13H,6-10H2,1-5H3/b22-15+. The van der Waals surface area contributed by atoms with Gasteiger partial charge >= 0.3 is 0 Å². The maximum absolute atomic E-state index is 12.8. The lowest BCUT2D eigenvalue weighted by molar-refractivity contribution is 0.512. The first-order valence-electron chi connectivity index (χ1n) is 9.48. The molecular weight excluding hydrogens is 360 g/mol. The first-order valence-corrected chi connectivity index (χ1v) is 10.6. The predicted octanol–water partition coefficient (Wildman–Crippen LogP) is 4.36. The largest absolute Gasteiger partial charge is 0.591 e. The minimum Gasteiger partial charge on any atom is -0.591 e. The molecule has 3 rings (SSSR count). The molecule has 0 aliphatic carbocycles. The highest BCUT2D eigenvalue weighted by molar-refractivity contribution is 7.91. The highest BCUT2D eigenvalue weighted by atomic mass is 32.2. The second-order valence-electron chi connectivity index (χ2n) is 8.22. The van der Waals surface area contributed by atoms with Crippen LogP contribution in [0.1, 0.15) is 58.1 Å². The smallest absolute Gasteiger partial charge is 0.200 e. The van der Waals surface area contributed by atoms with E-state index in [0.717, 1.165) is 37.1 Å². The second-order valence-corrected chi connectivity index (χ2v) is 10.1. The summed E-state index contributed by atoms with van der Waals surface area (Å²) in [4.78, 5) is 14.9. The van der Waals surface area contributed by atoms with E-state index >= 15 is 0 Å². The molecule has 0 N–H and O–H groups in total. The van der Waals surface area contributed by atoms with Gasteiger partial charge in [0, 0.05) is 24.7 Å². The Balaban J connectivity index is 2.15. The average Bonchev–Trinajstić information content (AvgIpc) is 2.61. The minimum absolute atomic E-state index is 0.0495. The molecule has 1 aliphatic rings. The molecule has 1 aromatic heterocycles. The second kappa shape index (κ2) is 7.68. The molecule has 6 heteroatoms. The number of hydrogen-bond donors (Lipinski definition) is 0. The van der Waals surface area contributed by atoms with E-state index in [9.17, 15) is 9.35 Å². The van der Waals surface area contributed by atoms with E-state index in [4.69, 9.17) is 4.42 Å². The zero-order valence-corrected chi connectivity index (χ0v) is 17.6. The molecule has 0 amide bonds. The fourth-order valence-corrected chi connectivity index (χ4v) is 3.86. The van der Waals surface area contributed by atoms with Gasteiger partial charge in [-0.1, -0.05) is 4.40 Å². The van der Waals surface area contributed by atoms with Gasteiger partial charge in [-0.25, -0.2) is 0 Å². The number of aryl methyl sites for hydroxylation is 1. The third-order valence-corrected chi connectivity index (χ3v) is 6.25. The van der Waals surface area contributed by atoms with Crippen LogP contribution >= 0.6 is 0 Å². The quantitative estimate of drug-likeness (QED) is 0.578. The van der Waals surface area contributed by atoms with E-state index in [1.165, 1.54) is 6.42 Å². The van der Waals surface area contributed by atoms with Crippen LogP contribution in [0.3, 0.4) is 0 Å². The topological polar surface area (TPSA) is 68.9 Å². The number of rotatable bonds is 3. The van der Waals surface area contributed by atoms with Crippen LogP contribution in [0.15, 0.2) is 31.8 Å². The van der Waals surface area contributed by atoms with Crippen molar-refractivity contribution < 1.29 is 8.97 Å². The van der Waals surface area contributed by atoms with Crippen LogP contribution in [-0.4, -0.2) is 28.1 Å². The molecule has 27 heavy (non-hydrogen) atoms. The van der Waals surface area contributed by atoms with E-state index in [-0.39, 0.29) is 5.43 Å². The predicted molar refractivity (Wildman–Crippen MR) is 113 cm³/mol. The lowest BCUT2D eigenvalue weighted by Crippen LogP contribution is -2.30. The van der Waals surface area contributed by atoms with Gasteiger partial charge < -0.3 is 13.9 Å². The van der Waals surface area contributed by atoms with Crippen LogP contribution in [0.2, 0.25) is 0 Å². The van der Waals surface area contributed by atoms with Crippen LogP contribution in [0.5, 0.6) is 0 Å². The summed E-state index contributed by atoms with van der Waals surface area (Å²) in [6.07, 6.45) is 3.42. The number of nitrogens with zero attached hydrogens (tertiary/aromatic N) is 2. The van der Waals surface area contributed by atoms with Crippen LogP contribution in [0.4, 0.5) is 5.88 Å². The Morgan fingerprint density at radius 1 is 1.19 bits per heavy atom. The number of piperidine rings is 1. The Bertz CT molecular complexity index is 921. The monoisotopic (exact) mass is 388 g/mol. The van der Waals surface area contributed by atoms with Crippen molar-refractivity contribution in [3.63, 3.8) is 0 Å². The Kier molecular flexibility index (Phi) is 5.68. The molecule has 2 aromatic rings. The molecule has 1 unspecified atom stereocenters. The average molecular weight is 389 g/mol. The van der Waals surface area contributed by atoms with Crippen molar-refractivity contribution in [2.75, 3.05) is 18.0 Å². The zero-order valence-electron chi connectivity index (χ0n) is 16.8. The summed E-state index contributed by atoms with van der Waals surface area (Å²) in [5, 5.41) is 0.543. The van der Waals surface area contributed by atoms with Crippen molar-refractivity contribution in [1.29, 1.82) is 0 Å². The van der Waals surface area contributed by atoms with Gasteiger partial charge in [-0.15, -0.1) is 0 Å². The van der Waals surface area contributed by atoms with Crippen molar-refractivity contribution in [2.24, 2.45) is 4.40 Å². The number of anilines is 1. The number of fused-ring (bicyclic) bond motifs is 1. The summed E-state index contributed by atoms with van der Waals surface area (Å²) in [5.41, 5.74) is 2.79. The first kappa shape index (κ1) is 20.0. The third-order valence-electron chi connectivity index (χ3n) is 4.76. The molecule has 0 spiro atoms. The fourth-order valence-electron chi connectivity index (χ4n) is 3.24. The van der Waals surface area contributed by atoms with E-state index < -0.39 is 16.1 Å². The molecule has 2 heterocycles. The molecule has 146 valence electrons. The molecule has 1 fully saturated rings. The van der Waals surface area contributed by atoms with E-state index in [0.29, 0.717) is 22.6 Å². The van der Waals surface area contributed by atoms with E-state index in [1.54, 1.807) is 6.07 Å². The minimum atomic E-state index is -1.37. The highest BCUT2D eigenvalue weighted by Gasteiger charge is 2.27. The summed E-state index contributed by atoms with van der Waals surface area (Å²) in [6, 6.07) is 5.39. The SMILES string of the molecule is C/C(=N\[S+]([O-])C(C)(C)C)c1cc(C)cc2c(=O)cc(N3CCCCC3)oc12. The lowest BCUT2D eigenvalue weighted by atomic mass is 10.0. The molecule has 1 aliphatic heterocycles. The molecule has 5 nitrogen and oxygen atoms in total. The van der Waals surface area contributed by atoms with Gasteiger partial charge in [0.1, 0.15) is 21.7 Å². The normalized spacial score (nSPS) is 17.4. The van der Waals surface area contributed by atoms with Crippen molar-refractivity contribution >= 4 is 33.9 Å². The Labute approximate surface area is 163 Å².